The van der Waals surface area contributed by atoms with Crippen molar-refractivity contribution in [3.8, 4) is 5.75 Å². The lowest BCUT2D eigenvalue weighted by Crippen LogP contribution is -2.10. The molecule has 0 radical (unpaired) electrons. The van der Waals surface area contributed by atoms with E-state index in [1.807, 2.05) is 0 Å². The molecule has 0 unspecified atom stereocenters. The minimum absolute atomic E-state index is 0.215. The molecule has 0 atom stereocenters. The summed E-state index contributed by atoms with van der Waals surface area (Å²) in [4.78, 5) is 0. The fourth-order valence-corrected chi connectivity index (χ4v) is 2.89. The fourth-order valence-electron chi connectivity index (χ4n) is 2.50. The summed E-state index contributed by atoms with van der Waals surface area (Å²) in [5.41, 5.74) is 1.58. The lowest BCUT2D eigenvalue weighted by molar-refractivity contribution is 0.304. The third kappa shape index (κ3) is 8.82. The number of ether oxygens (including phenoxy) is 1. The van der Waals surface area contributed by atoms with Gasteiger partial charge in [-0.25, -0.2) is 0 Å². The van der Waals surface area contributed by atoms with Gasteiger partial charge in [0, 0.05) is 5.33 Å². The fraction of sp³-hybridized carbons (Fsp3) is 0.700. The molecule has 0 aliphatic rings. The highest BCUT2D eigenvalue weighted by Gasteiger charge is 2.12. The molecular weight excluding hydrogens is 336 g/mol. The van der Waals surface area contributed by atoms with Crippen LogP contribution in [0.3, 0.4) is 0 Å². The highest BCUT2D eigenvalue weighted by atomic mass is 79.9. The van der Waals surface area contributed by atoms with Crippen LogP contribution in [-0.2, 0) is 5.41 Å². The second-order valence-corrected chi connectivity index (χ2v) is 7.93. The lowest BCUT2D eigenvalue weighted by Gasteiger charge is -2.19. The molecule has 0 heterocycles. The van der Waals surface area contributed by atoms with E-state index < -0.39 is 0 Å². The largest absolute Gasteiger partial charge is 0.494 e. The Hall–Kier alpha value is -0.500. The SMILES string of the molecule is CC(C)(C)c1ccc(OCCCCCCCCCCBr)cc1. The zero-order valence-corrected chi connectivity index (χ0v) is 16.3. The van der Waals surface area contributed by atoms with Gasteiger partial charge in [-0.2, -0.15) is 0 Å². The van der Waals surface area contributed by atoms with Gasteiger partial charge in [-0.15, -0.1) is 0 Å². The normalized spacial score (nSPS) is 11.6. The van der Waals surface area contributed by atoms with Crippen LogP contribution in [0.25, 0.3) is 0 Å². The maximum absolute atomic E-state index is 5.83. The lowest BCUT2D eigenvalue weighted by atomic mass is 9.87. The number of hydrogen-bond donors (Lipinski definition) is 0. The Balaban J connectivity index is 2.03. The highest BCUT2D eigenvalue weighted by molar-refractivity contribution is 9.09. The van der Waals surface area contributed by atoms with Gasteiger partial charge in [0.15, 0.2) is 0 Å². The number of hydrogen-bond acceptors (Lipinski definition) is 1. The average molecular weight is 369 g/mol. The minimum atomic E-state index is 0.215. The third-order valence-corrected chi connectivity index (χ3v) is 4.58. The molecule has 1 rings (SSSR count). The second-order valence-electron chi connectivity index (χ2n) is 7.14. The Kier molecular flexibility index (Phi) is 9.86. The molecule has 1 aromatic rings. The first-order valence-corrected chi connectivity index (χ1v) is 9.95. The second kappa shape index (κ2) is 11.1. The van der Waals surface area contributed by atoms with Gasteiger partial charge < -0.3 is 4.74 Å². The summed E-state index contributed by atoms with van der Waals surface area (Å²) in [6, 6.07) is 8.57. The summed E-state index contributed by atoms with van der Waals surface area (Å²) in [5.74, 6) is 1.00. The number of rotatable bonds is 11. The van der Waals surface area contributed by atoms with Crippen molar-refractivity contribution in [1.29, 1.82) is 0 Å². The molecule has 0 fully saturated rings. The summed E-state index contributed by atoms with van der Waals surface area (Å²) in [6.07, 6.45) is 10.7. The molecule has 0 aliphatic heterocycles. The molecule has 2 heteroatoms. The van der Waals surface area contributed by atoms with E-state index in [2.05, 4.69) is 61.0 Å². The number of alkyl halides is 1. The molecule has 0 saturated carbocycles. The van der Waals surface area contributed by atoms with Crippen molar-refractivity contribution in [1.82, 2.24) is 0 Å². The Morgan fingerprint density at radius 2 is 1.27 bits per heavy atom. The van der Waals surface area contributed by atoms with Crippen molar-refractivity contribution in [2.75, 3.05) is 11.9 Å². The van der Waals surface area contributed by atoms with Crippen LogP contribution in [0.1, 0.15) is 77.7 Å². The topological polar surface area (TPSA) is 9.23 Å². The van der Waals surface area contributed by atoms with Gasteiger partial charge in [-0.05, 0) is 36.0 Å². The van der Waals surface area contributed by atoms with E-state index in [0.717, 1.165) is 17.7 Å². The maximum Gasteiger partial charge on any atom is 0.119 e. The zero-order chi connectivity index (χ0) is 16.3. The van der Waals surface area contributed by atoms with Gasteiger partial charge in [-0.3, -0.25) is 0 Å². The number of unbranched alkanes of at least 4 members (excludes halogenated alkanes) is 7. The van der Waals surface area contributed by atoms with E-state index in [0.29, 0.717) is 0 Å². The number of benzene rings is 1. The van der Waals surface area contributed by atoms with Crippen molar-refractivity contribution in [3.63, 3.8) is 0 Å². The first-order chi connectivity index (χ1) is 10.5. The molecule has 0 N–H and O–H groups in total. The first kappa shape index (κ1) is 19.5. The molecular formula is C20H33BrO. The Morgan fingerprint density at radius 1 is 0.773 bits per heavy atom. The van der Waals surface area contributed by atoms with Crippen molar-refractivity contribution in [3.05, 3.63) is 29.8 Å². The van der Waals surface area contributed by atoms with Gasteiger partial charge in [0.25, 0.3) is 0 Å². The Morgan fingerprint density at radius 3 is 1.77 bits per heavy atom. The Bertz CT molecular complexity index is 378. The monoisotopic (exact) mass is 368 g/mol. The van der Waals surface area contributed by atoms with Crippen LogP contribution in [0, 0.1) is 0 Å². The van der Waals surface area contributed by atoms with Gasteiger partial charge in [0.2, 0.25) is 0 Å². The van der Waals surface area contributed by atoms with Crippen molar-refractivity contribution < 1.29 is 4.74 Å². The van der Waals surface area contributed by atoms with Crippen LogP contribution < -0.4 is 4.74 Å². The van der Waals surface area contributed by atoms with Crippen LogP contribution in [-0.4, -0.2) is 11.9 Å². The summed E-state index contributed by atoms with van der Waals surface area (Å²) in [7, 11) is 0. The van der Waals surface area contributed by atoms with E-state index in [9.17, 15) is 0 Å². The molecule has 0 spiro atoms. The van der Waals surface area contributed by atoms with Crippen LogP contribution in [0.4, 0.5) is 0 Å². The quantitative estimate of drug-likeness (QED) is 0.305. The minimum Gasteiger partial charge on any atom is -0.494 e. The third-order valence-electron chi connectivity index (χ3n) is 4.02. The van der Waals surface area contributed by atoms with Crippen LogP contribution in [0.15, 0.2) is 24.3 Å². The van der Waals surface area contributed by atoms with Crippen molar-refractivity contribution >= 4 is 15.9 Å². The summed E-state index contributed by atoms with van der Waals surface area (Å²) >= 11 is 3.48. The average Bonchev–Trinajstić information content (AvgIpc) is 2.49. The predicted molar refractivity (Wildman–Crippen MR) is 101 cm³/mol. The molecule has 0 bridgehead atoms. The smallest absolute Gasteiger partial charge is 0.119 e. The first-order valence-electron chi connectivity index (χ1n) is 8.83. The molecule has 0 amide bonds. The molecule has 0 saturated heterocycles. The summed E-state index contributed by atoms with van der Waals surface area (Å²) < 4.78 is 5.83. The van der Waals surface area contributed by atoms with E-state index in [-0.39, 0.29) is 5.41 Å². The molecule has 1 nitrogen and oxygen atoms in total. The molecule has 1 aromatic carbocycles. The van der Waals surface area contributed by atoms with Gasteiger partial charge in [0.1, 0.15) is 5.75 Å². The van der Waals surface area contributed by atoms with Gasteiger partial charge in [0.05, 0.1) is 6.61 Å². The van der Waals surface area contributed by atoms with Gasteiger partial charge >= 0.3 is 0 Å². The highest BCUT2D eigenvalue weighted by Crippen LogP contribution is 2.24. The van der Waals surface area contributed by atoms with Gasteiger partial charge in [-0.1, -0.05) is 87.4 Å². The molecule has 126 valence electrons. The summed E-state index contributed by atoms with van der Waals surface area (Å²) in [6.45, 7) is 7.56. The van der Waals surface area contributed by atoms with E-state index in [4.69, 9.17) is 4.74 Å². The number of halogens is 1. The van der Waals surface area contributed by atoms with Crippen LogP contribution >= 0.6 is 15.9 Å². The Labute approximate surface area is 146 Å². The zero-order valence-electron chi connectivity index (χ0n) is 14.7. The van der Waals surface area contributed by atoms with Crippen LogP contribution in [0.2, 0.25) is 0 Å². The van der Waals surface area contributed by atoms with Crippen molar-refractivity contribution in [2.45, 2.75) is 77.6 Å². The standard InChI is InChI=1S/C20H33BrO/c1-20(2,3)18-12-14-19(15-13-18)22-17-11-9-7-5-4-6-8-10-16-21/h12-15H,4-11,16-17H2,1-3H3. The summed E-state index contributed by atoms with van der Waals surface area (Å²) in [5, 5.41) is 1.15. The molecule has 0 aliphatic carbocycles. The van der Waals surface area contributed by atoms with E-state index in [1.165, 1.54) is 56.9 Å². The molecule has 0 aromatic heterocycles. The van der Waals surface area contributed by atoms with E-state index in [1.54, 1.807) is 0 Å². The van der Waals surface area contributed by atoms with Crippen molar-refractivity contribution in [2.24, 2.45) is 0 Å². The van der Waals surface area contributed by atoms with Crippen LogP contribution in [0.5, 0.6) is 5.75 Å². The maximum atomic E-state index is 5.83. The van der Waals surface area contributed by atoms with E-state index >= 15 is 0 Å². The predicted octanol–water partition coefficient (Wildman–Crippen LogP) is 6.88. The molecule has 22 heavy (non-hydrogen) atoms.